The van der Waals surface area contributed by atoms with Crippen LogP contribution < -0.4 is 4.74 Å². The molecule has 0 radical (unpaired) electrons. The lowest BCUT2D eigenvalue weighted by molar-refractivity contribution is 0.0213. The Kier molecular flexibility index (Phi) is 7.94. The van der Waals surface area contributed by atoms with E-state index in [2.05, 4.69) is 10.1 Å². The van der Waals surface area contributed by atoms with Crippen molar-refractivity contribution in [1.82, 2.24) is 4.90 Å². The molecule has 0 unspecified atom stereocenters. The summed E-state index contributed by atoms with van der Waals surface area (Å²) in [5.41, 5.74) is 2.07. The highest BCUT2D eigenvalue weighted by molar-refractivity contribution is 6.30. The summed E-state index contributed by atoms with van der Waals surface area (Å²) in [4.78, 5) is 7.70. The predicted octanol–water partition coefficient (Wildman–Crippen LogP) is 4.91. The van der Waals surface area contributed by atoms with Crippen molar-refractivity contribution in [3.63, 3.8) is 0 Å². The molecular formula is C26H26ClFN2O3. The first kappa shape index (κ1) is 23.2. The van der Waals surface area contributed by atoms with Crippen molar-refractivity contribution in [1.29, 1.82) is 0 Å². The van der Waals surface area contributed by atoms with Gasteiger partial charge in [-0.05, 0) is 35.9 Å². The van der Waals surface area contributed by atoms with Crippen LogP contribution in [0.3, 0.4) is 0 Å². The Labute approximate surface area is 198 Å². The number of para-hydroxylation sites is 1. The van der Waals surface area contributed by atoms with E-state index in [-0.39, 0.29) is 18.5 Å². The molecule has 5 nitrogen and oxygen atoms in total. The summed E-state index contributed by atoms with van der Waals surface area (Å²) in [5, 5.41) is 15.4. The number of aliphatic hydroxyl groups excluding tert-OH is 1. The van der Waals surface area contributed by atoms with Gasteiger partial charge < -0.3 is 14.7 Å². The van der Waals surface area contributed by atoms with Gasteiger partial charge in [0.25, 0.3) is 0 Å². The van der Waals surface area contributed by atoms with Crippen molar-refractivity contribution in [2.75, 3.05) is 19.7 Å². The van der Waals surface area contributed by atoms with E-state index in [1.807, 2.05) is 54.6 Å². The number of oxime groups is 1. The van der Waals surface area contributed by atoms with E-state index in [4.69, 9.17) is 21.2 Å². The number of ether oxygens (including phenoxy) is 1. The SMILES string of the molecule is O[C@@H](COc1ccccc1)CN(Cc1cccc(Cl)c1)C[C@H]1CC(c2ccccc2F)=NO1. The summed E-state index contributed by atoms with van der Waals surface area (Å²) in [6, 6.07) is 23.6. The van der Waals surface area contributed by atoms with Gasteiger partial charge in [0.1, 0.15) is 30.4 Å². The zero-order valence-corrected chi connectivity index (χ0v) is 18.9. The molecule has 1 N–H and O–H groups in total. The summed E-state index contributed by atoms with van der Waals surface area (Å²) in [6.45, 7) is 1.61. The molecule has 2 atom stereocenters. The number of benzene rings is 3. The molecule has 0 bridgehead atoms. The van der Waals surface area contributed by atoms with Crippen LogP contribution in [0.4, 0.5) is 4.39 Å². The Hall–Kier alpha value is -2.93. The summed E-state index contributed by atoms with van der Waals surface area (Å²) in [6.07, 6.45) is -0.470. The highest BCUT2D eigenvalue weighted by Crippen LogP contribution is 2.21. The van der Waals surface area contributed by atoms with E-state index in [1.54, 1.807) is 18.2 Å². The maximum atomic E-state index is 14.1. The van der Waals surface area contributed by atoms with Gasteiger partial charge in [-0.1, -0.05) is 65.3 Å². The van der Waals surface area contributed by atoms with Crippen molar-refractivity contribution < 1.29 is 19.1 Å². The number of nitrogens with zero attached hydrogens (tertiary/aromatic N) is 2. The van der Waals surface area contributed by atoms with Crippen LogP contribution >= 0.6 is 11.6 Å². The van der Waals surface area contributed by atoms with Crippen molar-refractivity contribution in [3.8, 4) is 5.75 Å². The normalized spacial score (nSPS) is 16.4. The van der Waals surface area contributed by atoms with Gasteiger partial charge in [0, 0.05) is 36.6 Å². The molecule has 3 aromatic carbocycles. The quantitative estimate of drug-likeness (QED) is 0.459. The molecule has 33 heavy (non-hydrogen) atoms. The lowest BCUT2D eigenvalue weighted by atomic mass is 10.0. The number of hydrogen-bond acceptors (Lipinski definition) is 5. The molecule has 0 spiro atoms. The average Bonchev–Trinajstić information content (AvgIpc) is 3.27. The summed E-state index contributed by atoms with van der Waals surface area (Å²) in [5.74, 6) is 0.393. The number of hydrogen-bond donors (Lipinski definition) is 1. The monoisotopic (exact) mass is 468 g/mol. The fourth-order valence-corrected chi connectivity index (χ4v) is 4.04. The van der Waals surface area contributed by atoms with Gasteiger partial charge in [0.2, 0.25) is 0 Å². The van der Waals surface area contributed by atoms with E-state index in [0.29, 0.717) is 48.1 Å². The van der Waals surface area contributed by atoms with Crippen LogP contribution in [0.2, 0.25) is 5.02 Å². The highest BCUT2D eigenvalue weighted by atomic mass is 35.5. The molecular weight excluding hydrogens is 443 g/mol. The fourth-order valence-electron chi connectivity index (χ4n) is 3.83. The topological polar surface area (TPSA) is 54.3 Å². The van der Waals surface area contributed by atoms with Crippen LogP contribution in [-0.2, 0) is 11.4 Å². The summed E-state index contributed by atoms with van der Waals surface area (Å²) >= 11 is 6.16. The number of aliphatic hydroxyl groups is 1. The van der Waals surface area contributed by atoms with Crippen LogP contribution in [0.1, 0.15) is 17.5 Å². The first-order valence-electron chi connectivity index (χ1n) is 10.9. The lowest BCUT2D eigenvalue weighted by Gasteiger charge is -2.27. The van der Waals surface area contributed by atoms with E-state index in [0.717, 1.165) is 5.56 Å². The van der Waals surface area contributed by atoms with Crippen molar-refractivity contribution in [3.05, 3.63) is 101 Å². The molecule has 0 amide bonds. The van der Waals surface area contributed by atoms with Crippen molar-refractivity contribution >= 4 is 17.3 Å². The standard InChI is InChI=1S/C26H26ClFN2O3/c27-20-8-6-7-19(13-20)15-30(16-21(31)18-32-22-9-2-1-3-10-22)17-23-14-26(29-33-23)24-11-4-5-12-25(24)28/h1-13,21,23,31H,14-18H2/t21-,23-/m1/s1. The Morgan fingerprint density at radius 1 is 1.09 bits per heavy atom. The molecule has 1 aliphatic heterocycles. The Bertz CT molecular complexity index is 1080. The van der Waals surface area contributed by atoms with E-state index >= 15 is 0 Å². The van der Waals surface area contributed by atoms with E-state index < -0.39 is 6.10 Å². The molecule has 0 saturated carbocycles. The third kappa shape index (κ3) is 6.78. The molecule has 0 aromatic heterocycles. The molecule has 0 fully saturated rings. The average molecular weight is 469 g/mol. The van der Waals surface area contributed by atoms with Gasteiger partial charge >= 0.3 is 0 Å². The summed E-state index contributed by atoms with van der Waals surface area (Å²) in [7, 11) is 0. The van der Waals surface area contributed by atoms with Crippen LogP contribution in [0.15, 0.2) is 84.0 Å². The minimum atomic E-state index is -0.710. The number of halogens is 2. The second-order valence-corrected chi connectivity index (χ2v) is 8.49. The molecule has 0 aliphatic carbocycles. The van der Waals surface area contributed by atoms with Crippen molar-refractivity contribution in [2.24, 2.45) is 5.16 Å². The van der Waals surface area contributed by atoms with Gasteiger partial charge in [0.05, 0.1) is 5.71 Å². The second kappa shape index (κ2) is 11.3. The predicted molar refractivity (Wildman–Crippen MR) is 127 cm³/mol. The molecule has 7 heteroatoms. The number of rotatable bonds is 10. The van der Waals surface area contributed by atoms with Crippen LogP contribution in [0.25, 0.3) is 0 Å². The van der Waals surface area contributed by atoms with Gasteiger partial charge in [-0.2, -0.15) is 0 Å². The third-order valence-corrected chi connectivity index (χ3v) is 5.56. The first-order chi connectivity index (χ1) is 16.1. The Morgan fingerprint density at radius 2 is 1.88 bits per heavy atom. The Balaban J connectivity index is 1.39. The lowest BCUT2D eigenvalue weighted by Crippen LogP contribution is -2.39. The van der Waals surface area contributed by atoms with Gasteiger partial charge in [-0.15, -0.1) is 0 Å². The fraction of sp³-hybridized carbons (Fsp3) is 0.269. The second-order valence-electron chi connectivity index (χ2n) is 8.05. The van der Waals surface area contributed by atoms with Crippen LogP contribution in [0.5, 0.6) is 5.75 Å². The maximum Gasteiger partial charge on any atom is 0.145 e. The van der Waals surface area contributed by atoms with E-state index in [9.17, 15) is 9.50 Å². The van der Waals surface area contributed by atoms with E-state index in [1.165, 1.54) is 6.07 Å². The van der Waals surface area contributed by atoms with Crippen LogP contribution in [-0.4, -0.2) is 47.6 Å². The first-order valence-corrected chi connectivity index (χ1v) is 11.2. The maximum absolute atomic E-state index is 14.1. The molecule has 1 aliphatic rings. The zero-order chi connectivity index (χ0) is 23.0. The smallest absolute Gasteiger partial charge is 0.145 e. The third-order valence-electron chi connectivity index (χ3n) is 5.33. The molecule has 172 valence electrons. The molecule has 0 saturated heterocycles. The van der Waals surface area contributed by atoms with Gasteiger partial charge in [-0.25, -0.2) is 4.39 Å². The highest BCUT2D eigenvalue weighted by Gasteiger charge is 2.27. The molecule has 1 heterocycles. The van der Waals surface area contributed by atoms with Crippen LogP contribution in [0, 0.1) is 5.82 Å². The largest absolute Gasteiger partial charge is 0.491 e. The zero-order valence-electron chi connectivity index (χ0n) is 18.1. The Morgan fingerprint density at radius 3 is 2.67 bits per heavy atom. The summed E-state index contributed by atoms with van der Waals surface area (Å²) < 4.78 is 19.8. The minimum absolute atomic E-state index is 0.165. The van der Waals surface area contributed by atoms with Crippen molar-refractivity contribution in [2.45, 2.75) is 25.2 Å². The van der Waals surface area contributed by atoms with Gasteiger partial charge in [-0.3, -0.25) is 4.90 Å². The van der Waals surface area contributed by atoms with Gasteiger partial charge in [0.15, 0.2) is 0 Å². The minimum Gasteiger partial charge on any atom is -0.491 e. The molecule has 3 aromatic rings. The molecule has 4 rings (SSSR count).